The van der Waals surface area contributed by atoms with Crippen molar-refractivity contribution in [1.82, 2.24) is 0 Å². The summed E-state index contributed by atoms with van der Waals surface area (Å²) >= 11 is 0. The van der Waals surface area contributed by atoms with Crippen LogP contribution in [-0.2, 0) is 19.1 Å². The molecule has 1 atom stereocenters. The smallest absolute Gasteiger partial charge is 0.305 e. The Labute approximate surface area is 181 Å². The second-order valence-corrected chi connectivity index (χ2v) is 7.38. The topological polar surface area (TPSA) is 121 Å². The molecule has 7 heteroatoms. The van der Waals surface area contributed by atoms with E-state index in [2.05, 4.69) is 23.8 Å². The number of ether oxygens (including phenoxy) is 1. The van der Waals surface area contributed by atoms with Crippen LogP contribution in [0, 0.1) is 0 Å². The van der Waals surface area contributed by atoms with Crippen LogP contribution in [0.2, 0.25) is 0 Å². The van der Waals surface area contributed by atoms with E-state index in [1.807, 2.05) is 0 Å². The van der Waals surface area contributed by atoms with Gasteiger partial charge in [0.25, 0.3) is 0 Å². The number of hydrogen-bond donors (Lipinski definition) is 3. The summed E-state index contributed by atoms with van der Waals surface area (Å²) in [7, 11) is 1.44. The Balaban J connectivity index is 0. The zero-order chi connectivity index (χ0) is 23.0. The first-order chi connectivity index (χ1) is 14.3. The van der Waals surface area contributed by atoms with Crippen LogP contribution in [0.4, 0.5) is 0 Å². The van der Waals surface area contributed by atoms with Gasteiger partial charge in [-0.2, -0.15) is 0 Å². The summed E-state index contributed by atoms with van der Waals surface area (Å²) in [4.78, 5) is 30.2. The van der Waals surface area contributed by atoms with Crippen LogP contribution in [0.15, 0.2) is 12.2 Å². The molecule has 0 aliphatic carbocycles. The van der Waals surface area contributed by atoms with Crippen molar-refractivity contribution in [3.05, 3.63) is 12.2 Å². The van der Waals surface area contributed by atoms with Gasteiger partial charge in [0.2, 0.25) is 0 Å². The van der Waals surface area contributed by atoms with Crippen molar-refractivity contribution in [2.24, 2.45) is 0 Å². The summed E-state index contributed by atoms with van der Waals surface area (Å²) < 4.78 is 4.61. The van der Waals surface area contributed by atoms with Crippen molar-refractivity contribution in [2.75, 3.05) is 7.11 Å². The first-order valence-corrected chi connectivity index (χ1v) is 11.2. The van der Waals surface area contributed by atoms with Crippen LogP contribution in [0.1, 0.15) is 103 Å². The van der Waals surface area contributed by atoms with Gasteiger partial charge in [-0.05, 0) is 32.1 Å². The van der Waals surface area contributed by atoms with E-state index in [0.717, 1.165) is 38.5 Å². The lowest BCUT2D eigenvalue weighted by molar-refractivity contribution is -0.143. The highest BCUT2D eigenvalue weighted by Crippen LogP contribution is 2.10. The molecule has 1 unspecified atom stereocenters. The Kier molecular flexibility index (Phi) is 23.6. The zero-order valence-electron chi connectivity index (χ0n) is 18.8. The van der Waals surface area contributed by atoms with Crippen molar-refractivity contribution in [1.29, 1.82) is 0 Å². The summed E-state index contributed by atoms with van der Waals surface area (Å²) in [5.74, 6) is -2.25. The van der Waals surface area contributed by atoms with Gasteiger partial charge < -0.3 is 20.1 Å². The van der Waals surface area contributed by atoms with Crippen LogP contribution >= 0.6 is 0 Å². The van der Waals surface area contributed by atoms with Gasteiger partial charge in [-0.15, -0.1) is 0 Å². The lowest BCUT2D eigenvalue weighted by atomic mass is 10.1. The Morgan fingerprint density at radius 1 is 0.800 bits per heavy atom. The van der Waals surface area contributed by atoms with E-state index >= 15 is 0 Å². The molecule has 0 aromatic heterocycles. The SMILES string of the molecule is CCCCCCC(O)C/C=C\CCCCCCCC(=O)OC.O=C(O)CCC(=O)O. The molecule has 0 aliphatic heterocycles. The number of aliphatic hydroxyl groups excluding tert-OH is 1. The fourth-order valence-corrected chi connectivity index (χ4v) is 2.67. The number of carboxylic acid groups (broad SMARTS) is 2. The molecule has 0 fully saturated rings. The van der Waals surface area contributed by atoms with E-state index in [1.165, 1.54) is 45.6 Å². The number of carbonyl (C=O) groups excluding carboxylic acids is 1. The molecule has 0 heterocycles. The Morgan fingerprint density at radius 2 is 1.37 bits per heavy atom. The number of aliphatic hydroxyl groups is 1. The standard InChI is InChI=1S/C19H36O3.C4H6O4/c1-3-4-5-12-15-18(20)16-13-10-8-6-7-9-11-14-17-19(21)22-2;5-3(6)1-2-4(7)8/h10,13,18,20H,3-9,11-12,14-17H2,1-2H3;1-2H2,(H,5,6)(H,7,8)/b13-10-;. The largest absolute Gasteiger partial charge is 0.481 e. The highest BCUT2D eigenvalue weighted by molar-refractivity contribution is 5.75. The molecular formula is C23H42O7. The molecule has 0 aromatic rings. The molecule has 0 saturated carbocycles. The second-order valence-electron chi connectivity index (χ2n) is 7.38. The lowest BCUT2D eigenvalue weighted by Gasteiger charge is -2.07. The maximum absolute atomic E-state index is 10.9. The van der Waals surface area contributed by atoms with Crippen LogP contribution in [0.5, 0.6) is 0 Å². The normalized spacial score (nSPS) is 11.6. The highest BCUT2D eigenvalue weighted by Gasteiger charge is 2.01. The van der Waals surface area contributed by atoms with Crippen molar-refractivity contribution in [3.63, 3.8) is 0 Å². The molecule has 0 amide bonds. The number of esters is 1. The van der Waals surface area contributed by atoms with E-state index in [-0.39, 0.29) is 24.9 Å². The fraction of sp³-hybridized carbons (Fsp3) is 0.783. The minimum atomic E-state index is -1.08. The molecule has 0 spiro atoms. The van der Waals surface area contributed by atoms with Crippen LogP contribution in [0.25, 0.3) is 0 Å². The third-order valence-electron chi connectivity index (χ3n) is 4.50. The first-order valence-electron chi connectivity index (χ1n) is 11.2. The number of unbranched alkanes of at least 4 members (excludes halogenated alkanes) is 8. The maximum atomic E-state index is 10.9. The van der Waals surface area contributed by atoms with E-state index in [1.54, 1.807) is 0 Å². The first kappa shape index (κ1) is 30.3. The zero-order valence-corrected chi connectivity index (χ0v) is 18.8. The number of aliphatic carboxylic acids is 2. The van der Waals surface area contributed by atoms with Gasteiger partial charge in [-0.3, -0.25) is 14.4 Å². The predicted octanol–water partition coefficient (Wildman–Crippen LogP) is 5.10. The average molecular weight is 431 g/mol. The summed E-state index contributed by atoms with van der Waals surface area (Å²) in [6.07, 6.45) is 17.5. The predicted molar refractivity (Wildman–Crippen MR) is 117 cm³/mol. The monoisotopic (exact) mass is 430 g/mol. The Hall–Kier alpha value is -1.89. The van der Waals surface area contributed by atoms with Gasteiger partial charge in [0.15, 0.2) is 0 Å². The van der Waals surface area contributed by atoms with E-state index in [4.69, 9.17) is 10.2 Å². The van der Waals surface area contributed by atoms with Gasteiger partial charge in [-0.25, -0.2) is 0 Å². The fourth-order valence-electron chi connectivity index (χ4n) is 2.67. The van der Waals surface area contributed by atoms with Crippen molar-refractivity contribution >= 4 is 17.9 Å². The number of carbonyl (C=O) groups is 3. The molecule has 3 N–H and O–H groups in total. The molecule has 0 rings (SSSR count). The van der Waals surface area contributed by atoms with Gasteiger partial charge in [0.05, 0.1) is 26.1 Å². The number of carboxylic acids is 2. The minimum absolute atomic E-state index is 0.101. The lowest BCUT2D eigenvalue weighted by Crippen LogP contribution is -2.04. The summed E-state index contributed by atoms with van der Waals surface area (Å²) in [6.45, 7) is 2.21. The minimum Gasteiger partial charge on any atom is -0.481 e. The quantitative estimate of drug-likeness (QED) is 0.157. The third kappa shape index (κ3) is 28.3. The van der Waals surface area contributed by atoms with Crippen molar-refractivity contribution in [3.8, 4) is 0 Å². The van der Waals surface area contributed by atoms with Gasteiger partial charge in [0.1, 0.15) is 0 Å². The molecule has 0 aromatic carbocycles. The number of allylic oxidation sites excluding steroid dienone is 1. The summed E-state index contributed by atoms with van der Waals surface area (Å²) in [5, 5.41) is 25.6. The van der Waals surface area contributed by atoms with Gasteiger partial charge in [-0.1, -0.05) is 64.0 Å². The molecule has 0 saturated heterocycles. The number of hydrogen-bond acceptors (Lipinski definition) is 5. The van der Waals surface area contributed by atoms with Crippen molar-refractivity contribution in [2.45, 2.75) is 109 Å². The highest BCUT2D eigenvalue weighted by atomic mass is 16.5. The van der Waals surface area contributed by atoms with E-state index in [9.17, 15) is 19.5 Å². The molecule has 30 heavy (non-hydrogen) atoms. The number of methoxy groups -OCH3 is 1. The van der Waals surface area contributed by atoms with Gasteiger partial charge in [0, 0.05) is 6.42 Å². The molecule has 0 radical (unpaired) electrons. The molecule has 0 aliphatic rings. The van der Waals surface area contributed by atoms with Crippen LogP contribution in [0.3, 0.4) is 0 Å². The van der Waals surface area contributed by atoms with Crippen LogP contribution in [-0.4, -0.2) is 46.4 Å². The average Bonchev–Trinajstić information content (AvgIpc) is 2.71. The van der Waals surface area contributed by atoms with Crippen LogP contribution < -0.4 is 0 Å². The van der Waals surface area contributed by atoms with E-state index in [0.29, 0.717) is 6.42 Å². The Morgan fingerprint density at radius 3 is 1.93 bits per heavy atom. The second kappa shape index (κ2) is 23.4. The summed E-state index contributed by atoms with van der Waals surface area (Å²) in [5.41, 5.74) is 0. The maximum Gasteiger partial charge on any atom is 0.305 e. The van der Waals surface area contributed by atoms with Gasteiger partial charge >= 0.3 is 17.9 Å². The molecular weight excluding hydrogens is 388 g/mol. The van der Waals surface area contributed by atoms with Crippen molar-refractivity contribution < 1.29 is 34.4 Å². The summed E-state index contributed by atoms with van der Waals surface area (Å²) in [6, 6.07) is 0. The van der Waals surface area contributed by atoms with E-state index < -0.39 is 11.9 Å². The molecule has 7 nitrogen and oxygen atoms in total. The third-order valence-corrected chi connectivity index (χ3v) is 4.50. The molecule has 0 bridgehead atoms. The number of rotatable bonds is 18. The Bertz CT molecular complexity index is 446. The molecule has 176 valence electrons.